The Hall–Kier alpha value is -2.09. The van der Waals surface area contributed by atoms with Crippen LogP contribution in [0.4, 0.5) is 0 Å². The number of thiazole rings is 1. The highest BCUT2D eigenvalue weighted by atomic mass is 35.5. The Morgan fingerprint density at radius 2 is 1.84 bits per heavy atom. The van der Waals surface area contributed by atoms with E-state index < -0.39 is 5.91 Å². The second-order valence-electron chi connectivity index (χ2n) is 5.03. The molecule has 0 aliphatic rings. The average Bonchev–Trinajstić information content (AvgIpc) is 3.03. The second kappa shape index (κ2) is 8.33. The number of benzene rings is 2. The van der Waals surface area contributed by atoms with Crippen LogP contribution >= 0.6 is 34.7 Å². The lowest BCUT2D eigenvalue weighted by molar-refractivity contribution is -0.121. The first-order valence-electron chi connectivity index (χ1n) is 7.45. The molecule has 5 nitrogen and oxygen atoms in total. The predicted molar refractivity (Wildman–Crippen MR) is 102 cm³/mol. The molecule has 0 aliphatic carbocycles. The Bertz CT molecular complexity index is 881. The van der Waals surface area contributed by atoms with Crippen molar-refractivity contribution in [2.45, 2.75) is 10.8 Å². The fraction of sp³-hybridized carbons (Fsp3) is 0.118. The number of nitrogens with zero attached hydrogens (tertiary/aromatic N) is 1. The molecule has 0 bridgehead atoms. The minimum Gasteiger partial charge on any atom is -0.273 e. The van der Waals surface area contributed by atoms with Gasteiger partial charge in [-0.15, -0.1) is 11.3 Å². The molecule has 0 radical (unpaired) electrons. The van der Waals surface area contributed by atoms with Crippen LogP contribution in [0.3, 0.4) is 0 Å². The fourth-order valence-electron chi connectivity index (χ4n) is 2.05. The summed E-state index contributed by atoms with van der Waals surface area (Å²) in [6.45, 7) is 0. The van der Waals surface area contributed by atoms with Gasteiger partial charge in [0, 0.05) is 12.2 Å². The molecule has 128 valence electrons. The second-order valence-corrected chi connectivity index (χ2v) is 7.81. The van der Waals surface area contributed by atoms with Crippen molar-refractivity contribution in [2.75, 3.05) is 5.75 Å². The maximum Gasteiger partial charge on any atom is 0.271 e. The quantitative estimate of drug-likeness (QED) is 0.511. The van der Waals surface area contributed by atoms with E-state index in [-0.39, 0.29) is 12.3 Å². The summed E-state index contributed by atoms with van der Waals surface area (Å²) in [4.78, 5) is 28.3. The summed E-state index contributed by atoms with van der Waals surface area (Å²) in [5.41, 5.74) is 6.04. The van der Waals surface area contributed by atoms with Crippen LogP contribution in [0.5, 0.6) is 0 Å². The van der Waals surface area contributed by atoms with Gasteiger partial charge in [0.05, 0.1) is 20.8 Å². The lowest BCUT2D eigenvalue weighted by Gasteiger charge is -2.08. The van der Waals surface area contributed by atoms with Gasteiger partial charge in [0.2, 0.25) is 5.91 Å². The van der Waals surface area contributed by atoms with Crippen molar-refractivity contribution in [2.24, 2.45) is 0 Å². The van der Waals surface area contributed by atoms with Gasteiger partial charge in [0.1, 0.15) is 0 Å². The zero-order chi connectivity index (χ0) is 17.6. The summed E-state index contributed by atoms with van der Waals surface area (Å²) in [5.74, 6) is -0.139. The number of hydrazine groups is 1. The van der Waals surface area contributed by atoms with E-state index in [2.05, 4.69) is 15.8 Å². The molecule has 0 fully saturated rings. The average molecular weight is 392 g/mol. The third-order valence-electron chi connectivity index (χ3n) is 3.26. The number of fused-ring (bicyclic) bond motifs is 1. The number of rotatable bonds is 5. The Balaban J connectivity index is 1.43. The van der Waals surface area contributed by atoms with Gasteiger partial charge in [0.25, 0.3) is 5.91 Å². The molecule has 0 saturated carbocycles. The number of para-hydroxylation sites is 1. The van der Waals surface area contributed by atoms with Gasteiger partial charge in [-0.05, 0) is 24.3 Å². The molecule has 2 amide bonds. The monoisotopic (exact) mass is 391 g/mol. The van der Waals surface area contributed by atoms with Crippen molar-refractivity contribution in [3.05, 3.63) is 59.1 Å². The minimum atomic E-state index is -0.447. The fourth-order valence-corrected chi connectivity index (χ4v) is 4.34. The molecule has 0 saturated heterocycles. The molecule has 0 spiro atoms. The van der Waals surface area contributed by atoms with Crippen LogP contribution in [0.15, 0.2) is 52.9 Å². The van der Waals surface area contributed by atoms with Crippen molar-refractivity contribution in [3.63, 3.8) is 0 Å². The first-order valence-corrected chi connectivity index (χ1v) is 9.63. The number of nitrogens with one attached hydrogen (secondary N) is 2. The number of halogens is 1. The highest BCUT2D eigenvalue weighted by Crippen LogP contribution is 2.29. The normalized spacial score (nSPS) is 10.6. The third-order valence-corrected chi connectivity index (χ3v) is 5.77. The highest BCUT2D eigenvalue weighted by molar-refractivity contribution is 8.01. The van der Waals surface area contributed by atoms with Crippen LogP contribution in [0.2, 0.25) is 5.02 Å². The largest absolute Gasteiger partial charge is 0.273 e. The molecule has 3 aromatic rings. The van der Waals surface area contributed by atoms with Gasteiger partial charge in [-0.25, -0.2) is 4.98 Å². The summed E-state index contributed by atoms with van der Waals surface area (Å²) in [7, 11) is 0. The van der Waals surface area contributed by atoms with Crippen molar-refractivity contribution < 1.29 is 9.59 Å². The summed E-state index contributed by atoms with van der Waals surface area (Å²) in [6.07, 6.45) is 0.267. The number of hydrogen-bond donors (Lipinski definition) is 2. The molecular weight excluding hydrogens is 378 g/mol. The topological polar surface area (TPSA) is 71.1 Å². The minimum absolute atomic E-state index is 0.267. The zero-order valence-corrected chi connectivity index (χ0v) is 15.4. The van der Waals surface area contributed by atoms with E-state index in [0.717, 1.165) is 14.6 Å². The van der Waals surface area contributed by atoms with E-state index in [0.29, 0.717) is 16.3 Å². The molecule has 2 aromatic carbocycles. The molecule has 2 N–H and O–H groups in total. The standard InChI is InChI=1S/C17H14ClN3O2S2/c18-12-6-2-1-5-11(12)16(23)21-20-15(22)9-10-24-17-19-13-7-3-4-8-14(13)25-17/h1-8H,9-10H2,(H,20,22)(H,21,23). The van der Waals surface area contributed by atoms with Gasteiger partial charge in [0.15, 0.2) is 4.34 Å². The van der Waals surface area contributed by atoms with Crippen LogP contribution in [0.1, 0.15) is 16.8 Å². The van der Waals surface area contributed by atoms with E-state index in [1.165, 1.54) is 11.8 Å². The Morgan fingerprint density at radius 1 is 1.08 bits per heavy atom. The van der Waals surface area contributed by atoms with Crippen molar-refractivity contribution in [1.82, 2.24) is 15.8 Å². The number of aromatic nitrogens is 1. The first-order chi connectivity index (χ1) is 12.1. The summed E-state index contributed by atoms with van der Waals surface area (Å²) >= 11 is 9.06. The highest BCUT2D eigenvalue weighted by Gasteiger charge is 2.11. The molecule has 1 heterocycles. The van der Waals surface area contributed by atoms with Crippen molar-refractivity contribution in [3.8, 4) is 0 Å². The maximum absolute atomic E-state index is 11.9. The number of hydrogen-bond acceptors (Lipinski definition) is 5. The van der Waals surface area contributed by atoms with E-state index in [1.54, 1.807) is 35.6 Å². The van der Waals surface area contributed by atoms with Crippen molar-refractivity contribution >= 4 is 56.7 Å². The Kier molecular flexibility index (Phi) is 5.91. The number of thioether (sulfide) groups is 1. The lowest BCUT2D eigenvalue weighted by Crippen LogP contribution is -2.41. The maximum atomic E-state index is 11.9. The Labute approximate surface area is 157 Å². The molecule has 3 rings (SSSR count). The molecule has 0 atom stereocenters. The van der Waals surface area contributed by atoms with Crippen LogP contribution in [-0.2, 0) is 4.79 Å². The van der Waals surface area contributed by atoms with Crippen LogP contribution in [-0.4, -0.2) is 22.6 Å². The molecular formula is C17H14ClN3O2S2. The Morgan fingerprint density at radius 3 is 2.64 bits per heavy atom. The van der Waals surface area contributed by atoms with Gasteiger partial charge < -0.3 is 0 Å². The molecule has 0 aliphatic heterocycles. The van der Waals surface area contributed by atoms with Gasteiger partial charge in [-0.2, -0.15) is 0 Å². The summed E-state index contributed by atoms with van der Waals surface area (Å²) in [5, 5.41) is 0.334. The first kappa shape index (κ1) is 17.7. The third kappa shape index (κ3) is 4.72. The molecule has 25 heavy (non-hydrogen) atoms. The van der Waals surface area contributed by atoms with Gasteiger partial charge >= 0.3 is 0 Å². The van der Waals surface area contributed by atoms with Crippen LogP contribution in [0.25, 0.3) is 10.2 Å². The van der Waals surface area contributed by atoms with Crippen LogP contribution in [0, 0.1) is 0 Å². The van der Waals surface area contributed by atoms with E-state index >= 15 is 0 Å². The predicted octanol–water partition coefficient (Wildman–Crippen LogP) is 3.89. The van der Waals surface area contributed by atoms with E-state index in [4.69, 9.17) is 11.6 Å². The summed E-state index contributed by atoms with van der Waals surface area (Å²) in [6, 6.07) is 14.6. The van der Waals surface area contributed by atoms with E-state index in [9.17, 15) is 9.59 Å². The van der Waals surface area contributed by atoms with Crippen LogP contribution < -0.4 is 10.9 Å². The molecule has 8 heteroatoms. The van der Waals surface area contributed by atoms with Gasteiger partial charge in [-0.1, -0.05) is 47.6 Å². The lowest BCUT2D eigenvalue weighted by atomic mass is 10.2. The number of carbonyl (C=O) groups is 2. The van der Waals surface area contributed by atoms with E-state index in [1.807, 2.05) is 24.3 Å². The van der Waals surface area contributed by atoms with Crippen molar-refractivity contribution in [1.29, 1.82) is 0 Å². The SMILES string of the molecule is O=C(CCSc1nc2ccccc2s1)NNC(=O)c1ccccc1Cl. The number of amides is 2. The summed E-state index contributed by atoms with van der Waals surface area (Å²) < 4.78 is 2.05. The molecule has 1 aromatic heterocycles. The number of carbonyl (C=O) groups excluding carboxylic acids is 2. The molecule has 0 unspecified atom stereocenters. The van der Waals surface area contributed by atoms with Gasteiger partial charge in [-0.3, -0.25) is 20.4 Å². The zero-order valence-electron chi connectivity index (χ0n) is 13.0. The smallest absolute Gasteiger partial charge is 0.271 e.